The molecule has 0 radical (unpaired) electrons. The van der Waals surface area contributed by atoms with E-state index in [1.807, 2.05) is 48.6 Å². The van der Waals surface area contributed by atoms with E-state index in [9.17, 15) is 0 Å². The van der Waals surface area contributed by atoms with Gasteiger partial charge in [-0.25, -0.2) is 0 Å². The number of hydrogen-bond donors (Lipinski definition) is 0. The first-order valence-electron chi connectivity index (χ1n) is 6.50. The van der Waals surface area contributed by atoms with Crippen molar-refractivity contribution in [3.05, 3.63) is 116 Å². The summed E-state index contributed by atoms with van der Waals surface area (Å²) in [6, 6.07) is 10.3. The van der Waals surface area contributed by atoms with Gasteiger partial charge in [-0.05, 0) is 16.7 Å². The maximum absolute atomic E-state index is 3.73. The fourth-order valence-electron chi connectivity index (χ4n) is 1.72. The Kier molecular flexibility index (Phi) is 7.22. The van der Waals surface area contributed by atoms with E-state index in [2.05, 4.69) is 37.9 Å². The van der Waals surface area contributed by atoms with Gasteiger partial charge in [0.15, 0.2) is 0 Å². The van der Waals surface area contributed by atoms with Crippen LogP contribution in [0.4, 0.5) is 0 Å². The molecule has 0 atom stereocenters. The van der Waals surface area contributed by atoms with Crippen molar-refractivity contribution in [2.75, 3.05) is 0 Å². The highest BCUT2D eigenvalue weighted by Crippen LogP contribution is 2.22. The van der Waals surface area contributed by atoms with Gasteiger partial charge in [-0.1, -0.05) is 105 Å². The van der Waals surface area contributed by atoms with Gasteiger partial charge >= 0.3 is 0 Å². The van der Waals surface area contributed by atoms with E-state index >= 15 is 0 Å². The monoisotopic (exact) mass is 260 g/mol. The molecule has 0 saturated heterocycles. The molecule has 0 saturated carbocycles. The average molecular weight is 260 g/mol. The molecule has 0 aliphatic heterocycles. The minimum absolute atomic E-state index is 1.09. The first-order valence-corrected chi connectivity index (χ1v) is 6.50. The lowest BCUT2D eigenvalue weighted by Gasteiger charge is -2.06. The normalized spacial score (nSPS) is 11.0. The Morgan fingerprint density at radius 3 is 1.70 bits per heavy atom. The lowest BCUT2D eigenvalue weighted by atomic mass is 9.98. The van der Waals surface area contributed by atoms with Crippen LogP contribution >= 0.6 is 0 Å². The second-order valence-corrected chi connectivity index (χ2v) is 4.02. The largest absolute Gasteiger partial charge is 0.0991 e. The zero-order valence-electron chi connectivity index (χ0n) is 11.7. The van der Waals surface area contributed by atoms with Gasteiger partial charge in [0.25, 0.3) is 0 Å². The Bertz CT molecular complexity index is 543. The molecule has 0 aliphatic carbocycles. The molecule has 0 aromatic heterocycles. The van der Waals surface area contributed by atoms with Gasteiger partial charge in [-0.2, -0.15) is 0 Å². The molecule has 1 rings (SSSR count). The fraction of sp³-hybridized carbons (Fsp3) is 0. The molecule has 1 aromatic carbocycles. The third-order valence-electron chi connectivity index (χ3n) is 2.62. The summed E-state index contributed by atoms with van der Waals surface area (Å²) in [4.78, 5) is 0. The minimum Gasteiger partial charge on any atom is -0.0991 e. The first kappa shape index (κ1) is 15.5. The molecule has 0 bridgehead atoms. The van der Waals surface area contributed by atoms with Crippen LogP contribution in [0.1, 0.15) is 5.56 Å². The van der Waals surface area contributed by atoms with Crippen molar-refractivity contribution in [3.8, 4) is 0 Å². The van der Waals surface area contributed by atoms with Crippen molar-refractivity contribution >= 4 is 5.57 Å². The van der Waals surface area contributed by atoms with Gasteiger partial charge < -0.3 is 0 Å². The van der Waals surface area contributed by atoms with Gasteiger partial charge in [0.1, 0.15) is 0 Å². The molecule has 0 amide bonds. The summed E-state index contributed by atoms with van der Waals surface area (Å²) >= 11 is 0. The van der Waals surface area contributed by atoms with E-state index in [1.165, 1.54) is 0 Å². The fourth-order valence-corrected chi connectivity index (χ4v) is 1.72. The summed E-state index contributed by atoms with van der Waals surface area (Å²) in [6.07, 6.45) is 17.2. The number of allylic oxidation sites excluding steroid dienone is 11. The van der Waals surface area contributed by atoms with Crippen LogP contribution in [0.2, 0.25) is 0 Å². The number of rotatable bonds is 7. The van der Waals surface area contributed by atoms with Crippen LogP contribution in [0.25, 0.3) is 5.57 Å². The highest BCUT2D eigenvalue weighted by Gasteiger charge is 2.01. The zero-order valence-corrected chi connectivity index (χ0v) is 11.7. The van der Waals surface area contributed by atoms with E-state index < -0.39 is 0 Å². The molecule has 0 aliphatic rings. The summed E-state index contributed by atoms with van der Waals surface area (Å²) in [6.45, 7) is 11.2. The van der Waals surface area contributed by atoms with Gasteiger partial charge in [0.2, 0.25) is 0 Å². The second-order valence-electron chi connectivity index (χ2n) is 4.02. The van der Waals surface area contributed by atoms with E-state index in [4.69, 9.17) is 0 Å². The highest BCUT2D eigenvalue weighted by molar-refractivity contribution is 5.80. The Balaban J connectivity index is 3.43. The van der Waals surface area contributed by atoms with Crippen LogP contribution in [0.5, 0.6) is 0 Å². The molecule has 0 heterocycles. The molecule has 1 aromatic rings. The van der Waals surface area contributed by atoms with E-state index in [0.29, 0.717) is 0 Å². The Labute approximate surface area is 122 Å². The van der Waals surface area contributed by atoms with E-state index in [1.54, 1.807) is 18.2 Å². The molecule has 20 heavy (non-hydrogen) atoms. The third kappa shape index (κ3) is 4.95. The smallest absolute Gasteiger partial charge is 0.0111 e. The second kappa shape index (κ2) is 9.35. The summed E-state index contributed by atoms with van der Waals surface area (Å²) in [5, 5.41) is 0. The van der Waals surface area contributed by atoms with Crippen LogP contribution in [-0.4, -0.2) is 0 Å². The molecule has 0 heteroatoms. The topological polar surface area (TPSA) is 0 Å². The van der Waals surface area contributed by atoms with Gasteiger partial charge in [-0.3, -0.25) is 0 Å². The molecule has 0 fully saturated rings. The van der Waals surface area contributed by atoms with E-state index in [-0.39, 0.29) is 0 Å². The standard InChI is InChI=1S/C20H20/c1-4-7-13-18(14-8-5-2)20(17-9-6-3)19-15-11-10-12-16-19/h4-17H,1-3H2. The van der Waals surface area contributed by atoms with Crippen LogP contribution < -0.4 is 0 Å². The predicted octanol–water partition coefficient (Wildman–Crippen LogP) is 5.67. The average Bonchev–Trinajstić information content (AvgIpc) is 2.50. The van der Waals surface area contributed by atoms with Crippen molar-refractivity contribution in [3.63, 3.8) is 0 Å². The Hall–Kier alpha value is -2.60. The Morgan fingerprint density at radius 2 is 1.20 bits per heavy atom. The van der Waals surface area contributed by atoms with Crippen molar-refractivity contribution in [1.82, 2.24) is 0 Å². The molecule has 0 nitrogen and oxygen atoms in total. The lowest BCUT2D eigenvalue weighted by molar-refractivity contribution is 1.58. The summed E-state index contributed by atoms with van der Waals surface area (Å²) in [5.74, 6) is 0. The third-order valence-corrected chi connectivity index (χ3v) is 2.62. The van der Waals surface area contributed by atoms with Crippen molar-refractivity contribution in [2.45, 2.75) is 0 Å². The van der Waals surface area contributed by atoms with Crippen LogP contribution in [-0.2, 0) is 0 Å². The molecular weight excluding hydrogens is 240 g/mol. The summed E-state index contributed by atoms with van der Waals surface area (Å²) < 4.78 is 0. The van der Waals surface area contributed by atoms with Crippen LogP contribution in [0, 0.1) is 0 Å². The van der Waals surface area contributed by atoms with Crippen molar-refractivity contribution < 1.29 is 0 Å². The van der Waals surface area contributed by atoms with E-state index in [0.717, 1.165) is 16.7 Å². The van der Waals surface area contributed by atoms with Gasteiger partial charge in [0, 0.05) is 0 Å². The predicted molar refractivity (Wildman–Crippen MR) is 91.4 cm³/mol. The lowest BCUT2D eigenvalue weighted by Crippen LogP contribution is -1.85. The highest BCUT2D eigenvalue weighted by atomic mass is 14.1. The number of hydrogen-bond acceptors (Lipinski definition) is 0. The molecule has 100 valence electrons. The molecular formula is C20H20. The summed E-state index contributed by atoms with van der Waals surface area (Å²) in [5.41, 5.74) is 3.37. The minimum atomic E-state index is 1.09. The quantitative estimate of drug-likeness (QED) is 0.554. The Morgan fingerprint density at radius 1 is 0.700 bits per heavy atom. The first-order chi connectivity index (χ1) is 9.83. The molecule has 0 unspecified atom stereocenters. The van der Waals surface area contributed by atoms with Crippen LogP contribution in [0.15, 0.2) is 110 Å². The molecule has 0 N–H and O–H groups in total. The van der Waals surface area contributed by atoms with Gasteiger partial charge in [-0.15, -0.1) is 0 Å². The maximum atomic E-state index is 3.73. The molecule has 0 spiro atoms. The summed E-state index contributed by atoms with van der Waals surface area (Å²) in [7, 11) is 0. The number of benzene rings is 1. The van der Waals surface area contributed by atoms with Crippen molar-refractivity contribution in [1.29, 1.82) is 0 Å². The SMILES string of the molecule is C=CC=CC(C=CC=C)=C(C=CC=C)c1ccccc1. The zero-order chi connectivity index (χ0) is 14.6. The van der Waals surface area contributed by atoms with Crippen molar-refractivity contribution in [2.24, 2.45) is 0 Å². The maximum Gasteiger partial charge on any atom is -0.0111 e. The van der Waals surface area contributed by atoms with Crippen LogP contribution in [0.3, 0.4) is 0 Å². The van der Waals surface area contributed by atoms with Gasteiger partial charge in [0.05, 0.1) is 0 Å².